The van der Waals surface area contributed by atoms with E-state index >= 15 is 0 Å². The molecule has 2 aromatic heterocycles. The molecule has 1 fully saturated rings. The van der Waals surface area contributed by atoms with Gasteiger partial charge in [0.05, 0.1) is 17.9 Å². The molecule has 1 spiro atoms. The van der Waals surface area contributed by atoms with E-state index < -0.39 is 0 Å². The SMILES string of the molecule is Cc1cc(CN2CCCC3(CCc4cnc(-c5ccccc5)nc43)C2)on1. The third-order valence-corrected chi connectivity index (χ3v) is 5.98. The van der Waals surface area contributed by atoms with Crippen LogP contribution in [0.15, 0.2) is 47.1 Å². The Morgan fingerprint density at radius 1 is 1.19 bits per heavy atom. The Labute approximate surface area is 159 Å². The van der Waals surface area contributed by atoms with Crippen LogP contribution < -0.4 is 0 Å². The minimum atomic E-state index is 0.148. The van der Waals surface area contributed by atoms with Crippen LogP contribution in [0.5, 0.6) is 0 Å². The predicted molar refractivity (Wildman–Crippen MR) is 103 cm³/mol. The quantitative estimate of drug-likeness (QED) is 0.708. The monoisotopic (exact) mass is 360 g/mol. The molecule has 1 saturated heterocycles. The van der Waals surface area contributed by atoms with Crippen LogP contribution in [0.25, 0.3) is 11.4 Å². The molecular weight excluding hydrogens is 336 g/mol. The molecular formula is C22H24N4O. The van der Waals surface area contributed by atoms with Crippen LogP contribution in [0, 0.1) is 6.92 Å². The van der Waals surface area contributed by atoms with Gasteiger partial charge in [-0.15, -0.1) is 0 Å². The maximum Gasteiger partial charge on any atom is 0.159 e. The summed E-state index contributed by atoms with van der Waals surface area (Å²) in [6, 6.07) is 12.3. The summed E-state index contributed by atoms with van der Waals surface area (Å²) in [7, 11) is 0. The first-order chi connectivity index (χ1) is 13.2. The van der Waals surface area contributed by atoms with Gasteiger partial charge in [0, 0.05) is 29.8 Å². The summed E-state index contributed by atoms with van der Waals surface area (Å²) in [5.74, 6) is 1.80. The second-order valence-corrected chi connectivity index (χ2v) is 7.96. The summed E-state index contributed by atoms with van der Waals surface area (Å²) in [6.45, 7) is 4.94. The van der Waals surface area contributed by atoms with Crippen LogP contribution in [-0.2, 0) is 18.4 Å². The maximum atomic E-state index is 5.45. The number of nitrogens with zero attached hydrogens (tertiary/aromatic N) is 4. The van der Waals surface area contributed by atoms with E-state index in [-0.39, 0.29) is 5.41 Å². The minimum Gasteiger partial charge on any atom is -0.360 e. The number of benzene rings is 1. The Bertz CT molecular complexity index is 948. The third-order valence-electron chi connectivity index (χ3n) is 5.98. The average molecular weight is 360 g/mol. The highest BCUT2D eigenvalue weighted by Crippen LogP contribution is 2.44. The number of hydrogen-bond donors (Lipinski definition) is 0. The van der Waals surface area contributed by atoms with Crippen molar-refractivity contribution < 1.29 is 4.52 Å². The van der Waals surface area contributed by atoms with Crippen molar-refractivity contribution in [3.63, 3.8) is 0 Å². The fourth-order valence-electron chi connectivity index (χ4n) is 4.74. The lowest BCUT2D eigenvalue weighted by molar-refractivity contribution is 0.125. The van der Waals surface area contributed by atoms with Crippen molar-refractivity contribution in [2.45, 2.75) is 44.6 Å². The number of aryl methyl sites for hydroxylation is 2. The summed E-state index contributed by atoms with van der Waals surface area (Å²) in [5.41, 5.74) is 4.78. The topological polar surface area (TPSA) is 55.1 Å². The van der Waals surface area contributed by atoms with E-state index in [1.54, 1.807) is 0 Å². The lowest BCUT2D eigenvalue weighted by atomic mass is 9.77. The number of hydrogen-bond acceptors (Lipinski definition) is 5. The molecule has 1 unspecified atom stereocenters. The van der Waals surface area contributed by atoms with E-state index in [1.165, 1.54) is 30.5 Å². The van der Waals surface area contributed by atoms with Crippen molar-refractivity contribution in [1.29, 1.82) is 0 Å². The zero-order valence-electron chi connectivity index (χ0n) is 15.7. The van der Waals surface area contributed by atoms with Crippen LogP contribution in [0.4, 0.5) is 0 Å². The molecule has 0 radical (unpaired) electrons. The van der Waals surface area contributed by atoms with Crippen molar-refractivity contribution in [2.75, 3.05) is 13.1 Å². The van der Waals surface area contributed by atoms with Gasteiger partial charge in [0.25, 0.3) is 0 Å². The Hall–Kier alpha value is -2.53. The molecule has 0 bridgehead atoms. The number of rotatable bonds is 3. The van der Waals surface area contributed by atoms with Gasteiger partial charge in [-0.1, -0.05) is 35.5 Å². The Morgan fingerprint density at radius 3 is 2.89 bits per heavy atom. The van der Waals surface area contributed by atoms with E-state index in [9.17, 15) is 0 Å². The number of aromatic nitrogens is 3. The van der Waals surface area contributed by atoms with Crippen molar-refractivity contribution in [3.8, 4) is 11.4 Å². The molecule has 3 aromatic rings. The summed E-state index contributed by atoms with van der Waals surface area (Å²) in [5, 5.41) is 4.03. The molecule has 5 nitrogen and oxygen atoms in total. The smallest absolute Gasteiger partial charge is 0.159 e. The highest BCUT2D eigenvalue weighted by molar-refractivity contribution is 5.55. The molecule has 27 heavy (non-hydrogen) atoms. The highest BCUT2D eigenvalue weighted by Gasteiger charge is 2.43. The second-order valence-electron chi connectivity index (χ2n) is 7.96. The molecule has 1 aliphatic carbocycles. The van der Waals surface area contributed by atoms with Crippen LogP contribution in [0.3, 0.4) is 0 Å². The molecule has 1 atom stereocenters. The van der Waals surface area contributed by atoms with E-state index in [4.69, 9.17) is 9.51 Å². The lowest BCUT2D eigenvalue weighted by Crippen LogP contribution is -2.44. The van der Waals surface area contributed by atoms with E-state index in [2.05, 4.69) is 33.4 Å². The zero-order valence-corrected chi connectivity index (χ0v) is 15.7. The largest absolute Gasteiger partial charge is 0.360 e. The van der Waals surface area contributed by atoms with E-state index in [1.807, 2.05) is 31.2 Å². The molecule has 5 heteroatoms. The fourth-order valence-corrected chi connectivity index (χ4v) is 4.74. The Morgan fingerprint density at radius 2 is 2.07 bits per heavy atom. The molecule has 1 aromatic carbocycles. The Kier molecular flexibility index (Phi) is 4.05. The van der Waals surface area contributed by atoms with Gasteiger partial charge >= 0.3 is 0 Å². The van der Waals surface area contributed by atoms with Gasteiger partial charge < -0.3 is 4.52 Å². The molecule has 0 saturated carbocycles. The van der Waals surface area contributed by atoms with Crippen LogP contribution in [0.2, 0.25) is 0 Å². The van der Waals surface area contributed by atoms with Gasteiger partial charge in [-0.3, -0.25) is 4.90 Å². The molecule has 138 valence electrons. The van der Waals surface area contributed by atoms with Crippen LogP contribution in [0.1, 0.15) is 42.0 Å². The molecule has 0 N–H and O–H groups in total. The first-order valence-corrected chi connectivity index (χ1v) is 9.78. The number of fused-ring (bicyclic) bond motifs is 2. The van der Waals surface area contributed by atoms with Crippen molar-refractivity contribution in [1.82, 2.24) is 20.0 Å². The van der Waals surface area contributed by atoms with Gasteiger partial charge in [-0.2, -0.15) is 0 Å². The second kappa shape index (κ2) is 6.57. The average Bonchev–Trinajstić information content (AvgIpc) is 3.26. The van der Waals surface area contributed by atoms with E-state index in [0.717, 1.165) is 48.9 Å². The standard InChI is InChI=1S/C22H24N4O/c1-16-12-19(27-25-16)14-26-11-5-9-22(15-26)10-8-18-13-23-21(24-20(18)22)17-6-3-2-4-7-17/h2-4,6-7,12-13H,5,8-11,14-15H2,1H3. The minimum absolute atomic E-state index is 0.148. The first kappa shape index (κ1) is 16.6. The summed E-state index contributed by atoms with van der Waals surface area (Å²) >= 11 is 0. The molecule has 2 aliphatic rings. The van der Waals surface area contributed by atoms with Crippen LogP contribution in [-0.4, -0.2) is 33.1 Å². The summed E-state index contributed by atoms with van der Waals surface area (Å²) in [6.07, 6.45) is 6.70. The van der Waals surface area contributed by atoms with E-state index in [0.29, 0.717) is 0 Å². The lowest BCUT2D eigenvalue weighted by Gasteiger charge is -2.40. The van der Waals surface area contributed by atoms with Crippen molar-refractivity contribution >= 4 is 0 Å². The number of likely N-dealkylation sites (tertiary alicyclic amines) is 1. The van der Waals surface area contributed by atoms with Gasteiger partial charge in [0.1, 0.15) is 0 Å². The van der Waals surface area contributed by atoms with Gasteiger partial charge in [-0.25, -0.2) is 9.97 Å². The normalized spacial score (nSPS) is 22.3. The third kappa shape index (κ3) is 3.06. The van der Waals surface area contributed by atoms with Gasteiger partial charge in [0.15, 0.2) is 11.6 Å². The predicted octanol–water partition coefficient (Wildman–Crippen LogP) is 3.92. The fraction of sp³-hybridized carbons (Fsp3) is 0.409. The highest BCUT2D eigenvalue weighted by atomic mass is 16.5. The molecule has 1 aliphatic heterocycles. The molecule has 3 heterocycles. The van der Waals surface area contributed by atoms with Crippen molar-refractivity contribution in [3.05, 3.63) is 65.3 Å². The van der Waals surface area contributed by atoms with Crippen LogP contribution >= 0.6 is 0 Å². The summed E-state index contributed by atoms with van der Waals surface area (Å²) < 4.78 is 5.45. The molecule has 5 rings (SSSR count). The maximum absolute atomic E-state index is 5.45. The zero-order chi connectivity index (χ0) is 18.3. The van der Waals surface area contributed by atoms with Gasteiger partial charge in [0.2, 0.25) is 0 Å². The van der Waals surface area contributed by atoms with Crippen molar-refractivity contribution in [2.24, 2.45) is 0 Å². The Balaban J connectivity index is 1.44. The first-order valence-electron chi connectivity index (χ1n) is 9.78. The molecule has 0 amide bonds. The van der Waals surface area contributed by atoms with Gasteiger partial charge in [-0.05, 0) is 44.7 Å². The summed E-state index contributed by atoms with van der Waals surface area (Å²) in [4.78, 5) is 12.2. The number of piperidine rings is 1.